The van der Waals surface area contributed by atoms with Crippen molar-refractivity contribution in [3.63, 3.8) is 0 Å². The molecule has 0 amide bonds. The van der Waals surface area contributed by atoms with E-state index < -0.39 is 0 Å². The van der Waals surface area contributed by atoms with Gasteiger partial charge < -0.3 is 0 Å². The summed E-state index contributed by atoms with van der Waals surface area (Å²) in [6, 6.07) is 8.31. The minimum atomic E-state index is 0.544. The van der Waals surface area contributed by atoms with Crippen LogP contribution in [0.3, 0.4) is 0 Å². The molecular formula is C11H13Si. The van der Waals surface area contributed by atoms with E-state index in [-0.39, 0.29) is 0 Å². The van der Waals surface area contributed by atoms with Crippen LogP contribution >= 0.6 is 0 Å². The summed E-state index contributed by atoms with van der Waals surface area (Å²) in [6.07, 6.45) is 3.04. The van der Waals surface area contributed by atoms with Crippen molar-refractivity contribution in [2.45, 2.75) is 13.3 Å². The van der Waals surface area contributed by atoms with E-state index in [4.69, 9.17) is 0 Å². The smallest absolute Gasteiger partial charge is 0.0715 e. The standard InChI is InChI=1S/C11H13Si/c1-3-9(2)8-10-6-4-5-7-11(10)12/h3-7,9H,1,8H2,2H3. The summed E-state index contributed by atoms with van der Waals surface area (Å²) in [6.45, 7) is 5.94. The van der Waals surface area contributed by atoms with Gasteiger partial charge >= 0.3 is 0 Å². The van der Waals surface area contributed by atoms with Crippen LogP contribution in [0.2, 0.25) is 0 Å². The van der Waals surface area contributed by atoms with E-state index in [9.17, 15) is 0 Å². The van der Waals surface area contributed by atoms with Gasteiger partial charge in [-0.05, 0) is 17.9 Å². The molecule has 0 fully saturated rings. The normalized spacial score (nSPS) is 12.5. The van der Waals surface area contributed by atoms with Crippen LogP contribution in [-0.2, 0) is 6.42 Å². The molecule has 0 aliphatic carbocycles. The molecule has 0 saturated carbocycles. The minimum absolute atomic E-state index is 0.544. The van der Waals surface area contributed by atoms with Crippen LogP contribution in [0.4, 0.5) is 0 Å². The van der Waals surface area contributed by atoms with Crippen molar-refractivity contribution in [1.29, 1.82) is 0 Å². The summed E-state index contributed by atoms with van der Waals surface area (Å²) in [7, 11) is 3.57. The Morgan fingerprint density at radius 1 is 1.50 bits per heavy atom. The molecule has 12 heavy (non-hydrogen) atoms. The van der Waals surface area contributed by atoms with Crippen LogP contribution in [0.1, 0.15) is 12.5 Å². The van der Waals surface area contributed by atoms with Crippen molar-refractivity contribution in [3.05, 3.63) is 42.5 Å². The number of hydrogen-bond donors (Lipinski definition) is 0. The Morgan fingerprint density at radius 3 is 2.75 bits per heavy atom. The van der Waals surface area contributed by atoms with Gasteiger partial charge in [-0.25, -0.2) is 0 Å². The van der Waals surface area contributed by atoms with Crippen LogP contribution in [0, 0.1) is 5.92 Å². The van der Waals surface area contributed by atoms with Gasteiger partial charge in [0, 0.05) is 0 Å². The Morgan fingerprint density at radius 2 is 2.17 bits per heavy atom. The van der Waals surface area contributed by atoms with Gasteiger partial charge in [0.1, 0.15) is 0 Å². The average Bonchev–Trinajstić information content (AvgIpc) is 2.09. The van der Waals surface area contributed by atoms with Crippen LogP contribution in [-0.4, -0.2) is 10.2 Å². The number of rotatable bonds is 3. The van der Waals surface area contributed by atoms with Crippen molar-refractivity contribution < 1.29 is 0 Å². The lowest BCUT2D eigenvalue weighted by Crippen LogP contribution is -2.11. The zero-order valence-corrected chi connectivity index (χ0v) is 8.38. The van der Waals surface area contributed by atoms with Crippen LogP contribution < -0.4 is 5.19 Å². The lowest BCUT2D eigenvalue weighted by atomic mass is 10.0. The van der Waals surface area contributed by atoms with Crippen LogP contribution in [0.15, 0.2) is 36.9 Å². The zero-order chi connectivity index (χ0) is 8.97. The Hall–Kier alpha value is -0.823. The molecule has 1 aromatic rings. The third kappa shape index (κ3) is 2.34. The molecular weight excluding hydrogens is 160 g/mol. The van der Waals surface area contributed by atoms with Gasteiger partial charge in [-0.1, -0.05) is 42.5 Å². The van der Waals surface area contributed by atoms with E-state index in [2.05, 4.69) is 41.9 Å². The molecule has 1 atom stereocenters. The Labute approximate surface area is 77.7 Å². The zero-order valence-electron chi connectivity index (χ0n) is 7.38. The molecule has 1 heteroatoms. The average molecular weight is 173 g/mol. The predicted molar refractivity (Wildman–Crippen MR) is 54.9 cm³/mol. The van der Waals surface area contributed by atoms with Crippen molar-refractivity contribution >= 4 is 15.4 Å². The molecule has 61 valence electrons. The Bertz CT molecular complexity index is 265. The molecule has 0 aliphatic heterocycles. The minimum Gasteiger partial charge on any atom is -0.103 e. The van der Waals surface area contributed by atoms with Crippen molar-refractivity contribution in [1.82, 2.24) is 0 Å². The highest BCUT2D eigenvalue weighted by atomic mass is 28.1. The summed E-state index contributed by atoms with van der Waals surface area (Å²) < 4.78 is 0. The number of allylic oxidation sites excluding steroid dienone is 1. The molecule has 0 aromatic heterocycles. The van der Waals surface area contributed by atoms with Crippen LogP contribution in [0.25, 0.3) is 0 Å². The Balaban J connectivity index is 2.75. The molecule has 1 aromatic carbocycles. The SMILES string of the molecule is C=CC(C)Cc1ccccc1[Si]. The highest BCUT2D eigenvalue weighted by Crippen LogP contribution is 2.05. The summed E-state index contributed by atoms with van der Waals surface area (Å²) in [5.74, 6) is 0.544. The van der Waals surface area contributed by atoms with E-state index in [0.717, 1.165) is 6.42 Å². The maximum atomic E-state index is 3.77. The highest BCUT2D eigenvalue weighted by molar-refractivity contribution is 6.33. The second kappa shape index (κ2) is 4.26. The monoisotopic (exact) mass is 173 g/mol. The fourth-order valence-corrected chi connectivity index (χ4v) is 1.41. The molecule has 0 N–H and O–H groups in total. The predicted octanol–water partition coefficient (Wildman–Crippen LogP) is 1.84. The molecule has 1 rings (SSSR count). The molecule has 0 heterocycles. The first-order valence-corrected chi connectivity index (χ1v) is 4.66. The lowest BCUT2D eigenvalue weighted by molar-refractivity contribution is 0.728. The van der Waals surface area contributed by atoms with E-state index >= 15 is 0 Å². The van der Waals surface area contributed by atoms with Crippen molar-refractivity contribution in [3.8, 4) is 0 Å². The maximum Gasteiger partial charge on any atom is 0.0715 e. The number of hydrogen-bond acceptors (Lipinski definition) is 0. The molecule has 0 aliphatic rings. The van der Waals surface area contributed by atoms with Crippen molar-refractivity contribution in [2.75, 3.05) is 0 Å². The van der Waals surface area contributed by atoms with Crippen LogP contribution in [0.5, 0.6) is 0 Å². The third-order valence-electron chi connectivity index (χ3n) is 1.96. The summed E-state index contributed by atoms with van der Waals surface area (Å²) >= 11 is 0. The second-order valence-corrected chi connectivity index (χ2v) is 3.61. The Kier molecular flexibility index (Phi) is 3.29. The molecule has 0 spiro atoms. The van der Waals surface area contributed by atoms with Gasteiger partial charge in [0.2, 0.25) is 0 Å². The number of benzene rings is 1. The first-order valence-electron chi connectivity index (χ1n) is 4.16. The van der Waals surface area contributed by atoms with Gasteiger partial charge in [0.25, 0.3) is 0 Å². The largest absolute Gasteiger partial charge is 0.103 e. The van der Waals surface area contributed by atoms with Gasteiger partial charge in [-0.2, -0.15) is 0 Å². The van der Waals surface area contributed by atoms with E-state index in [1.54, 1.807) is 0 Å². The van der Waals surface area contributed by atoms with Gasteiger partial charge in [-0.3, -0.25) is 0 Å². The quantitative estimate of drug-likeness (QED) is 0.483. The fraction of sp³-hybridized carbons (Fsp3) is 0.273. The van der Waals surface area contributed by atoms with Gasteiger partial charge in [-0.15, -0.1) is 6.58 Å². The fourth-order valence-electron chi connectivity index (χ4n) is 1.13. The first-order chi connectivity index (χ1) is 5.74. The molecule has 1 unspecified atom stereocenters. The molecule has 0 nitrogen and oxygen atoms in total. The first kappa shape index (κ1) is 9.27. The van der Waals surface area contributed by atoms with E-state index in [0.29, 0.717) is 5.92 Å². The molecule has 0 bridgehead atoms. The van der Waals surface area contributed by atoms with E-state index in [1.165, 1.54) is 10.8 Å². The summed E-state index contributed by atoms with van der Waals surface area (Å²) in [5.41, 5.74) is 1.35. The topological polar surface area (TPSA) is 0 Å². The van der Waals surface area contributed by atoms with E-state index in [1.807, 2.05) is 12.1 Å². The van der Waals surface area contributed by atoms with Gasteiger partial charge in [0.05, 0.1) is 10.2 Å². The summed E-state index contributed by atoms with van der Waals surface area (Å²) in [5, 5.41) is 1.19. The van der Waals surface area contributed by atoms with Crippen molar-refractivity contribution in [2.24, 2.45) is 5.92 Å². The summed E-state index contributed by atoms with van der Waals surface area (Å²) in [4.78, 5) is 0. The highest BCUT2D eigenvalue weighted by Gasteiger charge is 2.00. The molecule has 0 saturated heterocycles. The molecule has 3 radical (unpaired) electrons. The maximum absolute atomic E-state index is 3.77. The van der Waals surface area contributed by atoms with Gasteiger partial charge in [0.15, 0.2) is 0 Å². The second-order valence-electron chi connectivity index (χ2n) is 3.07. The third-order valence-corrected chi connectivity index (χ3v) is 2.45. The lowest BCUT2D eigenvalue weighted by Gasteiger charge is -2.08.